The highest BCUT2D eigenvalue weighted by molar-refractivity contribution is 5.53. The summed E-state index contributed by atoms with van der Waals surface area (Å²) in [7, 11) is 1.63. The van der Waals surface area contributed by atoms with E-state index in [0.29, 0.717) is 17.5 Å². The summed E-state index contributed by atoms with van der Waals surface area (Å²) >= 11 is 0. The Labute approximate surface area is 195 Å². The van der Waals surface area contributed by atoms with E-state index in [1.165, 1.54) is 30.4 Å². The predicted molar refractivity (Wildman–Crippen MR) is 129 cm³/mol. The average Bonchev–Trinajstić information content (AvgIpc) is 3.31. The number of hydrogen-bond donors (Lipinski definition) is 1. The van der Waals surface area contributed by atoms with Crippen LogP contribution in [-0.2, 0) is 0 Å². The van der Waals surface area contributed by atoms with E-state index >= 15 is 0 Å². The monoisotopic (exact) mass is 445 g/mol. The summed E-state index contributed by atoms with van der Waals surface area (Å²) in [4.78, 5) is 0. The zero-order valence-electron chi connectivity index (χ0n) is 19.5. The van der Waals surface area contributed by atoms with Gasteiger partial charge in [-0.15, -0.1) is 11.5 Å². The smallest absolute Gasteiger partial charge is 0.178 e. The molecule has 1 aliphatic rings. The molecule has 1 unspecified atom stereocenters. The van der Waals surface area contributed by atoms with Gasteiger partial charge in [-0.2, -0.15) is 0 Å². The first-order valence-corrected chi connectivity index (χ1v) is 11.5. The first-order chi connectivity index (χ1) is 16.1. The molecule has 2 aromatic carbocycles. The molecule has 7 heteroatoms. The number of methoxy groups -OCH3 is 1. The van der Waals surface area contributed by atoms with Crippen LogP contribution in [0.15, 0.2) is 36.4 Å². The van der Waals surface area contributed by atoms with Crippen molar-refractivity contribution < 1.29 is 9.47 Å². The number of rotatable bonds is 8. The fraction of sp³-hybridized carbons (Fsp3) is 0.423. The number of terminal acetylenes is 1. The Balaban J connectivity index is 1.76. The largest absolute Gasteiger partial charge is 0.493 e. The van der Waals surface area contributed by atoms with Crippen molar-refractivity contribution >= 4 is 5.69 Å². The second-order valence-electron chi connectivity index (χ2n) is 8.63. The zero-order chi connectivity index (χ0) is 23.2. The van der Waals surface area contributed by atoms with E-state index in [-0.39, 0.29) is 12.6 Å². The van der Waals surface area contributed by atoms with Crippen LogP contribution in [0, 0.1) is 26.2 Å². The van der Waals surface area contributed by atoms with Crippen LogP contribution >= 0.6 is 0 Å². The number of nitrogens with zero attached hydrogens (tertiary/aromatic N) is 4. The molecule has 1 saturated carbocycles. The van der Waals surface area contributed by atoms with E-state index in [1.54, 1.807) is 7.11 Å². The predicted octanol–water partition coefficient (Wildman–Crippen LogP) is 5.02. The van der Waals surface area contributed by atoms with Gasteiger partial charge in [0, 0.05) is 5.69 Å². The van der Waals surface area contributed by atoms with Gasteiger partial charge in [0.15, 0.2) is 17.3 Å². The standard InChI is InChI=1S/C26H31N5O2/c1-5-13-33-23-12-11-20(17-24(23)32-4)25(27-21-15-18(2)14-19(3)16-21)26-28-29-30-31(26)22-9-7-6-8-10-22/h1,11-12,14-17,22,25,27H,6-10,13H2,2-4H3. The summed E-state index contributed by atoms with van der Waals surface area (Å²) in [5.41, 5.74) is 4.38. The molecule has 1 atom stereocenters. The molecule has 172 valence electrons. The molecule has 1 N–H and O–H groups in total. The molecule has 1 aromatic heterocycles. The van der Waals surface area contributed by atoms with Gasteiger partial charge in [0.25, 0.3) is 0 Å². The van der Waals surface area contributed by atoms with Crippen molar-refractivity contribution in [3.63, 3.8) is 0 Å². The lowest BCUT2D eigenvalue weighted by atomic mass is 9.95. The number of nitrogens with one attached hydrogen (secondary N) is 1. The van der Waals surface area contributed by atoms with E-state index in [2.05, 4.69) is 58.8 Å². The Kier molecular flexibility index (Phi) is 7.13. The number of aromatic nitrogens is 4. The second kappa shape index (κ2) is 10.4. The normalized spacial score (nSPS) is 15.0. The van der Waals surface area contributed by atoms with Crippen LogP contribution in [0.1, 0.15) is 66.7 Å². The van der Waals surface area contributed by atoms with Crippen LogP contribution < -0.4 is 14.8 Å². The second-order valence-corrected chi connectivity index (χ2v) is 8.63. The number of anilines is 1. The Bertz CT molecular complexity index is 1110. The summed E-state index contributed by atoms with van der Waals surface area (Å²) in [6.45, 7) is 4.37. The maximum absolute atomic E-state index is 5.64. The molecule has 1 aliphatic carbocycles. The van der Waals surface area contributed by atoms with Crippen molar-refractivity contribution in [2.75, 3.05) is 19.0 Å². The van der Waals surface area contributed by atoms with Gasteiger partial charge < -0.3 is 14.8 Å². The minimum Gasteiger partial charge on any atom is -0.493 e. The maximum atomic E-state index is 5.64. The lowest BCUT2D eigenvalue weighted by Gasteiger charge is -2.26. The molecule has 0 spiro atoms. The van der Waals surface area contributed by atoms with Crippen LogP contribution in [0.3, 0.4) is 0 Å². The number of benzene rings is 2. The molecule has 33 heavy (non-hydrogen) atoms. The van der Waals surface area contributed by atoms with E-state index in [0.717, 1.165) is 29.9 Å². The topological polar surface area (TPSA) is 74.1 Å². The van der Waals surface area contributed by atoms with Crippen LogP contribution in [0.2, 0.25) is 0 Å². The van der Waals surface area contributed by atoms with Crippen molar-refractivity contribution in [3.8, 4) is 23.8 Å². The lowest BCUT2D eigenvalue weighted by Crippen LogP contribution is -2.23. The van der Waals surface area contributed by atoms with Gasteiger partial charge in [0.2, 0.25) is 0 Å². The molecule has 0 amide bonds. The molecule has 0 radical (unpaired) electrons. The Morgan fingerprint density at radius 2 is 1.85 bits per heavy atom. The quantitative estimate of drug-likeness (QED) is 0.491. The fourth-order valence-corrected chi connectivity index (χ4v) is 4.60. The van der Waals surface area contributed by atoms with Crippen molar-refractivity contribution in [2.45, 2.75) is 58.0 Å². The van der Waals surface area contributed by atoms with Gasteiger partial charge in [-0.3, -0.25) is 0 Å². The molecule has 3 aromatic rings. The van der Waals surface area contributed by atoms with Gasteiger partial charge in [-0.1, -0.05) is 37.3 Å². The summed E-state index contributed by atoms with van der Waals surface area (Å²) < 4.78 is 13.3. The van der Waals surface area contributed by atoms with Crippen molar-refractivity contribution in [2.24, 2.45) is 0 Å². The van der Waals surface area contributed by atoms with Crippen molar-refractivity contribution in [3.05, 3.63) is 58.9 Å². The third-order valence-electron chi connectivity index (χ3n) is 6.06. The first kappa shape index (κ1) is 22.7. The molecule has 4 rings (SSSR count). The summed E-state index contributed by atoms with van der Waals surface area (Å²) in [5, 5.41) is 16.6. The molecule has 1 fully saturated rings. The minimum absolute atomic E-state index is 0.180. The molecule has 0 saturated heterocycles. The summed E-state index contributed by atoms with van der Waals surface area (Å²) in [6.07, 6.45) is 11.2. The highest BCUT2D eigenvalue weighted by Crippen LogP contribution is 2.36. The van der Waals surface area contributed by atoms with Crippen molar-refractivity contribution in [1.29, 1.82) is 0 Å². The highest BCUT2D eigenvalue weighted by Gasteiger charge is 2.27. The van der Waals surface area contributed by atoms with Crippen LogP contribution in [0.25, 0.3) is 0 Å². The Hall–Kier alpha value is -3.53. The third kappa shape index (κ3) is 5.28. The Morgan fingerprint density at radius 3 is 2.55 bits per heavy atom. The van der Waals surface area contributed by atoms with Gasteiger partial charge in [-0.05, 0) is 78.1 Å². The van der Waals surface area contributed by atoms with Gasteiger partial charge in [-0.25, -0.2) is 4.68 Å². The van der Waals surface area contributed by atoms with Crippen molar-refractivity contribution in [1.82, 2.24) is 20.2 Å². The number of aryl methyl sites for hydroxylation is 2. The highest BCUT2D eigenvalue weighted by atomic mass is 16.5. The number of ether oxygens (including phenoxy) is 2. The van der Waals surface area contributed by atoms with E-state index < -0.39 is 0 Å². The molecule has 0 bridgehead atoms. The van der Waals surface area contributed by atoms with Gasteiger partial charge >= 0.3 is 0 Å². The van der Waals surface area contributed by atoms with Gasteiger partial charge in [0.05, 0.1) is 13.2 Å². The molecule has 7 nitrogen and oxygen atoms in total. The summed E-state index contributed by atoms with van der Waals surface area (Å²) in [5.74, 6) is 4.51. The van der Waals surface area contributed by atoms with Crippen LogP contribution in [-0.4, -0.2) is 33.9 Å². The first-order valence-electron chi connectivity index (χ1n) is 11.5. The van der Waals surface area contributed by atoms with Crippen LogP contribution in [0.5, 0.6) is 11.5 Å². The van der Waals surface area contributed by atoms with E-state index in [9.17, 15) is 0 Å². The maximum Gasteiger partial charge on any atom is 0.178 e. The summed E-state index contributed by atoms with van der Waals surface area (Å²) in [6, 6.07) is 12.3. The molecule has 1 heterocycles. The van der Waals surface area contributed by atoms with Gasteiger partial charge in [0.1, 0.15) is 12.6 Å². The average molecular weight is 446 g/mol. The Morgan fingerprint density at radius 1 is 1.09 bits per heavy atom. The van der Waals surface area contributed by atoms with E-state index in [1.807, 2.05) is 22.9 Å². The molecular formula is C26H31N5O2. The van der Waals surface area contributed by atoms with Crippen LogP contribution in [0.4, 0.5) is 5.69 Å². The fourth-order valence-electron chi connectivity index (χ4n) is 4.60. The number of tetrazole rings is 1. The lowest BCUT2D eigenvalue weighted by molar-refractivity contribution is 0.315. The number of hydrogen-bond acceptors (Lipinski definition) is 6. The van der Waals surface area contributed by atoms with E-state index in [4.69, 9.17) is 15.9 Å². The SMILES string of the molecule is C#CCOc1ccc(C(Nc2cc(C)cc(C)c2)c2nnnn2C2CCCCC2)cc1OC. The molecule has 0 aliphatic heterocycles. The molecular weight excluding hydrogens is 414 g/mol. The minimum atomic E-state index is -0.265. The zero-order valence-corrected chi connectivity index (χ0v) is 19.5. The third-order valence-corrected chi connectivity index (χ3v) is 6.06.